The van der Waals surface area contributed by atoms with Crippen LogP contribution in [0.4, 0.5) is 11.4 Å². The van der Waals surface area contributed by atoms with E-state index in [1.54, 1.807) is 48.5 Å². The molecule has 0 saturated carbocycles. The molecule has 4 aromatic rings. The number of carbonyl (C=O) groups is 1. The zero-order valence-corrected chi connectivity index (χ0v) is 26.6. The third-order valence-corrected chi connectivity index (χ3v) is 10.1. The number of anilines is 2. The van der Waals surface area contributed by atoms with Crippen LogP contribution in [0.5, 0.6) is 5.75 Å². The average Bonchev–Trinajstić information content (AvgIpc) is 3.02. The first-order valence-electron chi connectivity index (χ1n) is 14.4. The van der Waals surface area contributed by atoms with Crippen molar-refractivity contribution in [2.45, 2.75) is 36.1 Å². The Kier molecular flexibility index (Phi) is 9.88. The Hall–Kier alpha value is -4.23. The molecule has 1 aliphatic heterocycles. The van der Waals surface area contributed by atoms with Gasteiger partial charge >= 0.3 is 10.1 Å². The fourth-order valence-electron chi connectivity index (χ4n) is 4.76. The van der Waals surface area contributed by atoms with E-state index >= 15 is 0 Å². The molecule has 1 saturated heterocycles. The number of aryl methyl sites for hydroxylation is 2. The van der Waals surface area contributed by atoms with Gasteiger partial charge < -0.3 is 19.1 Å². The summed E-state index contributed by atoms with van der Waals surface area (Å²) in [5.74, 6) is -0.465. The highest BCUT2D eigenvalue weighted by Crippen LogP contribution is 2.22. The highest BCUT2D eigenvalue weighted by Gasteiger charge is 2.27. The number of hydrogen-bond donors (Lipinski definition) is 2. The summed E-state index contributed by atoms with van der Waals surface area (Å²) < 4.78 is 65.2. The van der Waals surface area contributed by atoms with Crippen LogP contribution in [0.25, 0.3) is 0 Å². The summed E-state index contributed by atoms with van der Waals surface area (Å²) in [6.07, 6.45) is -0.00617. The smallest absolute Gasteiger partial charge is 0.339 e. The third kappa shape index (κ3) is 8.49. The summed E-state index contributed by atoms with van der Waals surface area (Å²) in [4.78, 5) is 15.8. The van der Waals surface area contributed by atoms with Crippen molar-refractivity contribution in [1.82, 2.24) is 4.72 Å². The van der Waals surface area contributed by atoms with Crippen molar-refractivity contribution >= 4 is 37.4 Å². The van der Waals surface area contributed by atoms with E-state index in [0.717, 1.165) is 29.9 Å². The van der Waals surface area contributed by atoms with Crippen LogP contribution >= 0.6 is 0 Å². The third-order valence-electron chi connectivity index (χ3n) is 7.34. The van der Waals surface area contributed by atoms with Crippen LogP contribution in [0.2, 0.25) is 0 Å². The molecular weight excluding hydrogens is 615 g/mol. The quantitative estimate of drug-likeness (QED) is 0.228. The molecule has 0 unspecified atom stereocenters. The van der Waals surface area contributed by atoms with Crippen molar-refractivity contribution in [2.75, 3.05) is 36.5 Å². The normalized spacial score (nSPS) is 14.5. The Labute approximate surface area is 264 Å². The van der Waals surface area contributed by atoms with E-state index in [1.807, 2.05) is 26.0 Å². The van der Waals surface area contributed by atoms with E-state index in [2.05, 4.69) is 14.9 Å². The molecule has 0 aromatic heterocycles. The van der Waals surface area contributed by atoms with E-state index in [9.17, 15) is 21.6 Å². The lowest BCUT2D eigenvalue weighted by molar-refractivity contribution is -0.117. The first-order valence-corrected chi connectivity index (χ1v) is 17.3. The molecule has 0 bridgehead atoms. The number of ether oxygens (including phenoxy) is 1. The SMILES string of the molecule is Cc1ccc(S(=O)(=O)N[C@@H](Cc2ccc(OS(=O)(=O)c3ccc(C)cc3)cc2)C(=O)Nc2ccc(N3CCOCC3)cc2)cc1. The zero-order valence-electron chi connectivity index (χ0n) is 25.0. The maximum absolute atomic E-state index is 13.5. The lowest BCUT2D eigenvalue weighted by Gasteiger charge is -2.29. The predicted octanol–water partition coefficient (Wildman–Crippen LogP) is 4.44. The lowest BCUT2D eigenvalue weighted by Crippen LogP contribution is -2.45. The minimum atomic E-state index is -4.05. The van der Waals surface area contributed by atoms with Gasteiger partial charge in [-0.25, -0.2) is 8.42 Å². The van der Waals surface area contributed by atoms with Crippen molar-refractivity contribution < 1.29 is 30.6 Å². The number of benzene rings is 4. The van der Waals surface area contributed by atoms with Gasteiger partial charge in [-0.05, 0) is 86.5 Å². The summed E-state index contributed by atoms with van der Waals surface area (Å²) in [6, 6.07) is 24.9. The maximum Gasteiger partial charge on any atom is 0.339 e. The van der Waals surface area contributed by atoms with Crippen molar-refractivity contribution in [1.29, 1.82) is 0 Å². The molecule has 236 valence electrons. The summed E-state index contributed by atoms with van der Waals surface area (Å²) in [6.45, 7) is 6.55. The Morgan fingerprint density at radius 1 is 0.778 bits per heavy atom. The molecule has 0 radical (unpaired) electrons. The molecule has 1 aliphatic rings. The molecule has 10 nitrogen and oxygen atoms in total. The molecule has 1 fully saturated rings. The molecule has 1 atom stereocenters. The fourth-order valence-corrected chi connectivity index (χ4v) is 6.89. The van der Waals surface area contributed by atoms with Crippen LogP contribution in [0, 0.1) is 13.8 Å². The number of sulfonamides is 1. The van der Waals surface area contributed by atoms with Gasteiger partial charge in [0.25, 0.3) is 0 Å². The second-order valence-electron chi connectivity index (χ2n) is 10.8. The van der Waals surface area contributed by atoms with Gasteiger partial charge in [0.2, 0.25) is 15.9 Å². The molecule has 2 N–H and O–H groups in total. The number of nitrogens with zero attached hydrogens (tertiary/aromatic N) is 1. The van der Waals surface area contributed by atoms with Crippen molar-refractivity contribution in [3.63, 3.8) is 0 Å². The summed E-state index contributed by atoms with van der Waals surface area (Å²) in [7, 11) is -8.10. The molecule has 5 rings (SSSR count). The van der Waals surface area contributed by atoms with Crippen LogP contribution in [0.3, 0.4) is 0 Å². The number of hydrogen-bond acceptors (Lipinski definition) is 8. The molecule has 45 heavy (non-hydrogen) atoms. The van der Waals surface area contributed by atoms with E-state index in [1.165, 1.54) is 36.4 Å². The molecule has 4 aromatic carbocycles. The minimum Gasteiger partial charge on any atom is -0.379 e. The van der Waals surface area contributed by atoms with Gasteiger partial charge in [0.15, 0.2) is 0 Å². The van der Waals surface area contributed by atoms with E-state index in [0.29, 0.717) is 24.5 Å². The van der Waals surface area contributed by atoms with Gasteiger partial charge in [-0.2, -0.15) is 13.1 Å². The Bertz CT molecular complexity index is 1820. The highest BCUT2D eigenvalue weighted by molar-refractivity contribution is 7.89. The Balaban J connectivity index is 1.33. The zero-order chi connectivity index (χ0) is 32.0. The molecule has 0 spiro atoms. The molecule has 0 aliphatic carbocycles. The predicted molar refractivity (Wildman–Crippen MR) is 173 cm³/mol. The minimum absolute atomic E-state index is 0.00617. The first kappa shape index (κ1) is 32.2. The molecular formula is C33H35N3O7S2. The van der Waals surface area contributed by atoms with Crippen molar-refractivity contribution in [3.8, 4) is 5.75 Å². The number of nitrogens with one attached hydrogen (secondary N) is 2. The maximum atomic E-state index is 13.5. The molecule has 12 heteroatoms. The number of morpholine rings is 1. The highest BCUT2D eigenvalue weighted by atomic mass is 32.2. The van der Waals surface area contributed by atoms with Gasteiger partial charge in [0.1, 0.15) is 16.7 Å². The van der Waals surface area contributed by atoms with Gasteiger partial charge in [-0.3, -0.25) is 4.79 Å². The monoisotopic (exact) mass is 649 g/mol. The second-order valence-corrected chi connectivity index (χ2v) is 14.1. The summed E-state index contributed by atoms with van der Waals surface area (Å²) in [5, 5.41) is 2.83. The van der Waals surface area contributed by atoms with Crippen molar-refractivity contribution in [2.24, 2.45) is 0 Å². The Morgan fingerprint density at radius 2 is 1.33 bits per heavy atom. The van der Waals surface area contributed by atoms with Crippen LogP contribution in [-0.4, -0.2) is 55.1 Å². The topological polar surface area (TPSA) is 131 Å². The first-order chi connectivity index (χ1) is 21.5. The van der Waals surface area contributed by atoms with Crippen LogP contribution in [0.1, 0.15) is 16.7 Å². The number of rotatable bonds is 11. The number of carbonyl (C=O) groups excluding carboxylic acids is 1. The van der Waals surface area contributed by atoms with E-state index in [4.69, 9.17) is 8.92 Å². The molecule has 1 amide bonds. The van der Waals surface area contributed by atoms with E-state index < -0.39 is 32.1 Å². The standard InChI is InChI=1S/C33H35N3O7S2/c1-24-3-15-30(16-4-24)44(38,39)35-32(33(37)34-27-9-11-28(12-10-27)36-19-21-42-22-20-36)23-26-7-13-29(14-8-26)43-45(40,41)31-17-5-25(2)6-18-31/h3-18,32,35H,19-23H2,1-2H3,(H,34,37)/t32-/m0/s1. The summed E-state index contributed by atoms with van der Waals surface area (Å²) >= 11 is 0. The van der Waals surface area contributed by atoms with Crippen molar-refractivity contribution in [3.05, 3.63) is 114 Å². The van der Waals surface area contributed by atoms with Gasteiger partial charge in [0, 0.05) is 24.5 Å². The molecule has 1 heterocycles. The van der Waals surface area contributed by atoms with E-state index in [-0.39, 0.29) is 22.0 Å². The van der Waals surface area contributed by atoms with Gasteiger partial charge in [-0.15, -0.1) is 0 Å². The van der Waals surface area contributed by atoms with Crippen LogP contribution < -0.4 is 19.1 Å². The van der Waals surface area contributed by atoms with Crippen LogP contribution in [0.15, 0.2) is 107 Å². The average molecular weight is 650 g/mol. The largest absolute Gasteiger partial charge is 0.379 e. The van der Waals surface area contributed by atoms with Gasteiger partial charge in [-0.1, -0.05) is 47.5 Å². The summed E-state index contributed by atoms with van der Waals surface area (Å²) in [5.41, 5.74) is 3.92. The Morgan fingerprint density at radius 3 is 1.91 bits per heavy atom. The van der Waals surface area contributed by atoms with Gasteiger partial charge in [0.05, 0.1) is 18.1 Å². The fraction of sp³-hybridized carbons (Fsp3) is 0.242. The lowest BCUT2D eigenvalue weighted by atomic mass is 10.1. The van der Waals surface area contributed by atoms with Crippen LogP contribution in [-0.2, 0) is 36.1 Å². The second kappa shape index (κ2) is 13.8. The number of amides is 1.